The minimum atomic E-state index is -0.0210. The molecule has 1 aromatic heterocycles. The number of aryl methyl sites for hydroxylation is 1. The van der Waals surface area contributed by atoms with Crippen LogP contribution in [0.1, 0.15) is 29.4 Å². The highest BCUT2D eigenvalue weighted by molar-refractivity contribution is 8.26. The minimum Gasteiger partial charge on any atom is -0.489 e. The molecule has 2 heterocycles. The van der Waals surface area contributed by atoms with Crippen LogP contribution in [0.15, 0.2) is 59.5 Å². The minimum absolute atomic E-state index is 0.0210. The number of benzene rings is 2. The molecule has 3 aromatic rings. The highest BCUT2D eigenvalue weighted by Gasteiger charge is 2.30. The number of halogens is 1. The molecule has 0 radical (unpaired) electrons. The van der Waals surface area contributed by atoms with Gasteiger partial charge in [0.15, 0.2) is 0 Å². The maximum Gasteiger partial charge on any atom is 0.266 e. The van der Waals surface area contributed by atoms with Gasteiger partial charge < -0.3 is 9.30 Å². The van der Waals surface area contributed by atoms with Crippen molar-refractivity contribution in [2.75, 3.05) is 6.54 Å². The van der Waals surface area contributed by atoms with Crippen molar-refractivity contribution < 1.29 is 9.53 Å². The molecule has 164 valence electrons. The van der Waals surface area contributed by atoms with Crippen LogP contribution in [-0.4, -0.2) is 26.2 Å². The molecule has 0 spiro atoms. The summed E-state index contributed by atoms with van der Waals surface area (Å²) in [5.41, 5.74) is 5.15. The Morgan fingerprint density at radius 3 is 2.50 bits per heavy atom. The first-order valence-corrected chi connectivity index (χ1v) is 11.9. The van der Waals surface area contributed by atoms with E-state index >= 15 is 0 Å². The zero-order chi connectivity index (χ0) is 22.8. The molecular formula is C25H23ClN2O2S2. The maximum absolute atomic E-state index is 12.6. The molecule has 4 rings (SSSR count). The van der Waals surface area contributed by atoms with Crippen molar-refractivity contribution in [1.29, 1.82) is 0 Å². The Balaban J connectivity index is 1.54. The largest absolute Gasteiger partial charge is 0.489 e. The van der Waals surface area contributed by atoms with Gasteiger partial charge >= 0.3 is 0 Å². The number of hydrogen-bond donors (Lipinski definition) is 0. The summed E-state index contributed by atoms with van der Waals surface area (Å²) >= 11 is 12.9. The van der Waals surface area contributed by atoms with Crippen LogP contribution in [0.2, 0.25) is 5.02 Å². The number of hydrogen-bond acceptors (Lipinski definition) is 4. The summed E-state index contributed by atoms with van der Waals surface area (Å²) in [4.78, 5) is 14.9. The van der Waals surface area contributed by atoms with Crippen molar-refractivity contribution in [2.45, 2.75) is 27.4 Å². The predicted octanol–water partition coefficient (Wildman–Crippen LogP) is 6.55. The maximum atomic E-state index is 12.6. The topological polar surface area (TPSA) is 34.5 Å². The second kappa shape index (κ2) is 9.53. The summed E-state index contributed by atoms with van der Waals surface area (Å²) < 4.78 is 8.69. The number of thiocarbonyl (C=S) groups is 1. The number of ether oxygens (including phenoxy) is 1. The fraction of sp³-hybridized carbons (Fsp3) is 0.200. The van der Waals surface area contributed by atoms with Gasteiger partial charge in [0.25, 0.3) is 5.91 Å². The first kappa shape index (κ1) is 22.6. The van der Waals surface area contributed by atoms with Gasteiger partial charge in [-0.25, -0.2) is 0 Å². The fourth-order valence-electron chi connectivity index (χ4n) is 3.71. The Morgan fingerprint density at radius 1 is 1.12 bits per heavy atom. The van der Waals surface area contributed by atoms with Crippen molar-refractivity contribution in [3.8, 4) is 11.4 Å². The van der Waals surface area contributed by atoms with Gasteiger partial charge in [-0.3, -0.25) is 9.69 Å². The molecule has 0 saturated carbocycles. The average Bonchev–Trinajstić information content (AvgIpc) is 3.21. The van der Waals surface area contributed by atoms with E-state index in [4.69, 9.17) is 28.6 Å². The summed E-state index contributed by atoms with van der Waals surface area (Å²) in [6.45, 7) is 7.05. The van der Waals surface area contributed by atoms with Gasteiger partial charge in [0.1, 0.15) is 16.7 Å². The van der Waals surface area contributed by atoms with Crippen LogP contribution in [-0.2, 0) is 11.4 Å². The number of carbonyl (C=O) groups excluding carboxylic acids is 1. The van der Waals surface area contributed by atoms with Crippen molar-refractivity contribution in [3.05, 3.63) is 87.0 Å². The third kappa shape index (κ3) is 4.49. The van der Waals surface area contributed by atoms with Gasteiger partial charge in [0, 0.05) is 34.2 Å². The Hall–Kier alpha value is -2.54. The van der Waals surface area contributed by atoms with E-state index in [0.717, 1.165) is 34.0 Å². The van der Waals surface area contributed by atoms with Crippen LogP contribution in [0.4, 0.5) is 0 Å². The smallest absolute Gasteiger partial charge is 0.266 e. The van der Waals surface area contributed by atoms with Crippen molar-refractivity contribution in [2.24, 2.45) is 0 Å². The monoisotopic (exact) mass is 482 g/mol. The van der Waals surface area contributed by atoms with E-state index in [1.54, 1.807) is 4.90 Å². The van der Waals surface area contributed by atoms with Gasteiger partial charge in [-0.1, -0.05) is 53.8 Å². The highest BCUT2D eigenvalue weighted by atomic mass is 35.5. The summed E-state index contributed by atoms with van der Waals surface area (Å²) in [5, 5.41) is 0.700. The Bertz CT molecular complexity index is 1220. The van der Waals surface area contributed by atoms with Crippen LogP contribution in [0.5, 0.6) is 5.75 Å². The number of carbonyl (C=O) groups is 1. The lowest BCUT2D eigenvalue weighted by molar-refractivity contribution is -0.121. The summed E-state index contributed by atoms with van der Waals surface area (Å²) in [5.74, 6) is 0.756. The van der Waals surface area contributed by atoms with Crippen LogP contribution in [0, 0.1) is 13.8 Å². The number of rotatable bonds is 6. The van der Waals surface area contributed by atoms with Crippen molar-refractivity contribution >= 4 is 51.9 Å². The Kier molecular flexibility index (Phi) is 6.74. The third-order valence-electron chi connectivity index (χ3n) is 5.39. The van der Waals surface area contributed by atoms with Gasteiger partial charge in [-0.15, -0.1) is 0 Å². The Morgan fingerprint density at radius 2 is 1.84 bits per heavy atom. The van der Waals surface area contributed by atoms with Gasteiger partial charge in [0.05, 0.1) is 4.91 Å². The van der Waals surface area contributed by atoms with E-state index < -0.39 is 0 Å². The molecule has 2 aromatic carbocycles. The van der Waals surface area contributed by atoms with Crippen LogP contribution < -0.4 is 4.74 Å². The zero-order valence-electron chi connectivity index (χ0n) is 18.1. The molecule has 4 nitrogen and oxygen atoms in total. The first-order valence-electron chi connectivity index (χ1n) is 10.3. The molecule has 0 atom stereocenters. The third-order valence-corrected chi connectivity index (χ3v) is 7.14. The lowest BCUT2D eigenvalue weighted by atomic mass is 10.2. The second-order valence-electron chi connectivity index (χ2n) is 7.46. The first-order chi connectivity index (χ1) is 15.4. The lowest BCUT2D eigenvalue weighted by Crippen LogP contribution is -2.27. The quantitative estimate of drug-likeness (QED) is 0.295. The highest BCUT2D eigenvalue weighted by Crippen LogP contribution is 2.34. The van der Waals surface area contributed by atoms with Gasteiger partial charge in [-0.05, 0) is 68.8 Å². The lowest BCUT2D eigenvalue weighted by Gasteiger charge is -2.12. The molecule has 1 amide bonds. The number of thioether (sulfide) groups is 1. The molecule has 32 heavy (non-hydrogen) atoms. The van der Waals surface area contributed by atoms with Crippen LogP contribution in [0.3, 0.4) is 0 Å². The van der Waals surface area contributed by atoms with E-state index in [2.05, 4.69) is 24.5 Å². The number of amides is 1. The molecule has 1 aliphatic heterocycles. The molecule has 0 unspecified atom stereocenters. The van der Waals surface area contributed by atoms with E-state index in [9.17, 15) is 4.79 Å². The zero-order valence-corrected chi connectivity index (χ0v) is 20.5. The molecule has 0 bridgehead atoms. The van der Waals surface area contributed by atoms with E-state index in [0.29, 0.717) is 27.4 Å². The predicted molar refractivity (Wildman–Crippen MR) is 137 cm³/mol. The standard InChI is InChI=1S/C25H23ClN2O2S2/c1-4-27-24(29)23(32-25(27)31)14-19-13-16(2)28(17(19)3)20-9-11-21(12-10-20)30-15-18-7-5-6-8-22(18)26/h5-14H,4,15H2,1-3H3/b23-14-. The van der Waals surface area contributed by atoms with Crippen molar-refractivity contribution in [1.82, 2.24) is 9.47 Å². The van der Waals surface area contributed by atoms with Gasteiger partial charge in [-0.2, -0.15) is 0 Å². The fourth-order valence-corrected chi connectivity index (χ4v) is 5.28. The van der Waals surface area contributed by atoms with Crippen LogP contribution >= 0.6 is 35.6 Å². The number of nitrogens with zero attached hydrogens (tertiary/aromatic N) is 2. The molecule has 1 saturated heterocycles. The molecule has 0 N–H and O–H groups in total. The molecular weight excluding hydrogens is 460 g/mol. The summed E-state index contributed by atoms with van der Waals surface area (Å²) in [6, 6.07) is 17.7. The summed E-state index contributed by atoms with van der Waals surface area (Å²) in [6.07, 6.45) is 1.94. The molecule has 0 aliphatic carbocycles. The van der Waals surface area contributed by atoms with E-state index in [1.165, 1.54) is 11.8 Å². The van der Waals surface area contributed by atoms with E-state index in [-0.39, 0.29) is 5.91 Å². The average molecular weight is 483 g/mol. The molecule has 1 aliphatic rings. The van der Waals surface area contributed by atoms with Crippen LogP contribution in [0.25, 0.3) is 11.8 Å². The molecule has 7 heteroatoms. The molecule has 1 fully saturated rings. The SMILES string of the molecule is CCN1C(=O)/C(=C/c2cc(C)n(-c3ccc(OCc4ccccc4Cl)cc3)c2C)SC1=S. The second-order valence-corrected chi connectivity index (χ2v) is 9.54. The number of aromatic nitrogens is 1. The van der Waals surface area contributed by atoms with Crippen molar-refractivity contribution in [3.63, 3.8) is 0 Å². The summed E-state index contributed by atoms with van der Waals surface area (Å²) in [7, 11) is 0. The van der Waals surface area contributed by atoms with E-state index in [1.807, 2.05) is 61.5 Å². The Labute approximate surface area is 202 Å². The van der Waals surface area contributed by atoms with Gasteiger partial charge in [0.2, 0.25) is 0 Å². The normalized spacial score (nSPS) is 15.1. The number of likely N-dealkylation sites (N-methyl/N-ethyl adjacent to an activating group) is 1.